The van der Waals surface area contributed by atoms with Gasteiger partial charge in [0.1, 0.15) is 23.0 Å². The van der Waals surface area contributed by atoms with Gasteiger partial charge in [-0.25, -0.2) is 8.78 Å². The van der Waals surface area contributed by atoms with Gasteiger partial charge in [-0.2, -0.15) is 0 Å². The van der Waals surface area contributed by atoms with Gasteiger partial charge >= 0.3 is 0 Å². The zero-order chi connectivity index (χ0) is 15.9. The van der Waals surface area contributed by atoms with Crippen molar-refractivity contribution in [2.24, 2.45) is 0 Å². The Kier molecular flexibility index (Phi) is 3.51. The van der Waals surface area contributed by atoms with Crippen LogP contribution in [0.5, 0.6) is 0 Å². The quantitative estimate of drug-likeness (QED) is 0.682. The molecule has 0 saturated carbocycles. The fraction of sp³-hybridized carbons (Fsp3) is 0.263. The van der Waals surface area contributed by atoms with Gasteiger partial charge in [-0.1, -0.05) is 12.1 Å². The molecule has 0 aromatic heterocycles. The molecule has 114 valence electrons. The van der Waals surface area contributed by atoms with Crippen LogP contribution >= 0.6 is 0 Å². The van der Waals surface area contributed by atoms with Gasteiger partial charge in [0.25, 0.3) is 0 Å². The lowest BCUT2D eigenvalue weighted by Crippen LogP contribution is -2.26. The lowest BCUT2D eigenvalue weighted by atomic mass is 9.86. The molecule has 0 spiro atoms. The topological polar surface area (TPSA) is 9.23 Å². The maximum atomic E-state index is 13.9. The highest BCUT2D eigenvalue weighted by Crippen LogP contribution is 2.39. The number of halogens is 2. The minimum absolute atomic E-state index is 0.00252. The molecule has 1 aliphatic heterocycles. The minimum Gasteiger partial charge on any atom is -0.483 e. The van der Waals surface area contributed by atoms with Crippen LogP contribution in [-0.2, 0) is 4.74 Å². The Labute approximate surface area is 129 Å². The average molecular weight is 300 g/mol. The summed E-state index contributed by atoms with van der Waals surface area (Å²) in [6.07, 6.45) is 8.14. The molecule has 2 aliphatic rings. The lowest BCUT2D eigenvalue weighted by Gasteiger charge is -2.33. The summed E-state index contributed by atoms with van der Waals surface area (Å²) in [4.78, 5) is 0. The van der Waals surface area contributed by atoms with E-state index in [-0.39, 0.29) is 11.2 Å². The van der Waals surface area contributed by atoms with E-state index in [9.17, 15) is 8.78 Å². The first kappa shape index (κ1) is 14.8. The Morgan fingerprint density at radius 2 is 1.86 bits per heavy atom. The lowest BCUT2D eigenvalue weighted by molar-refractivity contribution is 0.0797. The van der Waals surface area contributed by atoms with Crippen molar-refractivity contribution >= 4 is 6.08 Å². The zero-order valence-electron chi connectivity index (χ0n) is 12.9. The fourth-order valence-electron chi connectivity index (χ4n) is 3.03. The van der Waals surface area contributed by atoms with E-state index in [1.807, 2.05) is 39.0 Å². The van der Waals surface area contributed by atoms with Crippen molar-refractivity contribution in [3.05, 3.63) is 76.1 Å². The van der Waals surface area contributed by atoms with Crippen molar-refractivity contribution in [2.45, 2.75) is 32.8 Å². The Balaban J connectivity index is 2.10. The molecule has 1 nitrogen and oxygen atoms in total. The van der Waals surface area contributed by atoms with Crippen LogP contribution in [0.15, 0.2) is 58.9 Å². The predicted molar refractivity (Wildman–Crippen MR) is 84.0 cm³/mol. The number of rotatable bonds is 1. The highest BCUT2D eigenvalue weighted by Gasteiger charge is 2.28. The Hall–Kier alpha value is -2.16. The van der Waals surface area contributed by atoms with Crippen LogP contribution < -0.4 is 0 Å². The molecule has 0 amide bonds. The van der Waals surface area contributed by atoms with E-state index in [2.05, 4.69) is 0 Å². The molecule has 0 bridgehead atoms. The van der Waals surface area contributed by atoms with Crippen molar-refractivity contribution in [1.82, 2.24) is 0 Å². The number of hydrogen-bond donors (Lipinski definition) is 0. The second kappa shape index (κ2) is 5.24. The number of hydrogen-bond acceptors (Lipinski definition) is 1. The number of ether oxygens (including phenoxy) is 1. The normalized spacial score (nSPS) is 21.5. The molecule has 3 rings (SSSR count). The van der Waals surface area contributed by atoms with E-state index < -0.39 is 11.6 Å². The maximum Gasteiger partial charge on any atom is 0.133 e. The molecule has 1 aromatic carbocycles. The van der Waals surface area contributed by atoms with E-state index in [0.29, 0.717) is 6.42 Å². The van der Waals surface area contributed by atoms with Gasteiger partial charge in [0.15, 0.2) is 0 Å². The van der Waals surface area contributed by atoms with Gasteiger partial charge in [-0.3, -0.25) is 0 Å². The van der Waals surface area contributed by atoms with Crippen LogP contribution in [0.2, 0.25) is 0 Å². The van der Waals surface area contributed by atoms with E-state index in [1.165, 1.54) is 18.2 Å². The van der Waals surface area contributed by atoms with Crippen LogP contribution in [0.1, 0.15) is 32.8 Å². The smallest absolute Gasteiger partial charge is 0.133 e. The summed E-state index contributed by atoms with van der Waals surface area (Å²) in [5, 5.41) is 0. The molecule has 0 unspecified atom stereocenters. The van der Waals surface area contributed by atoms with E-state index in [1.54, 1.807) is 6.08 Å². The first-order valence-corrected chi connectivity index (χ1v) is 7.32. The first-order chi connectivity index (χ1) is 10.4. The van der Waals surface area contributed by atoms with Crippen molar-refractivity contribution in [2.75, 3.05) is 0 Å². The van der Waals surface area contributed by atoms with Gasteiger partial charge in [0.2, 0.25) is 0 Å². The summed E-state index contributed by atoms with van der Waals surface area (Å²) in [5.74, 6) is -0.343. The summed E-state index contributed by atoms with van der Waals surface area (Å²) in [5.41, 5.74) is 2.49. The molecule has 0 fully saturated rings. The van der Waals surface area contributed by atoms with Gasteiger partial charge < -0.3 is 4.74 Å². The molecule has 0 radical (unpaired) electrons. The highest BCUT2D eigenvalue weighted by atomic mass is 19.1. The minimum atomic E-state index is -0.553. The van der Waals surface area contributed by atoms with Gasteiger partial charge in [0, 0.05) is 11.1 Å². The Morgan fingerprint density at radius 3 is 2.55 bits per heavy atom. The molecule has 22 heavy (non-hydrogen) atoms. The van der Waals surface area contributed by atoms with Crippen LogP contribution in [-0.4, -0.2) is 5.60 Å². The largest absolute Gasteiger partial charge is 0.483 e. The standard InChI is InChI=1S/C19H18F2O/c1-12-11-19(2,3)22-17-9-4-6-13(18(12)17)10-14-15(20)7-5-8-16(14)21/h4-5,7-11H,6H2,1-3H3. The van der Waals surface area contributed by atoms with E-state index in [0.717, 1.165) is 22.5 Å². The second-order valence-corrected chi connectivity index (χ2v) is 6.18. The highest BCUT2D eigenvalue weighted by molar-refractivity contribution is 5.67. The van der Waals surface area contributed by atoms with E-state index >= 15 is 0 Å². The summed E-state index contributed by atoms with van der Waals surface area (Å²) in [6.45, 7) is 5.98. The summed E-state index contributed by atoms with van der Waals surface area (Å²) >= 11 is 0. The van der Waals surface area contributed by atoms with Crippen molar-refractivity contribution in [3.8, 4) is 0 Å². The van der Waals surface area contributed by atoms with Crippen molar-refractivity contribution in [3.63, 3.8) is 0 Å². The maximum absolute atomic E-state index is 13.9. The molecule has 1 aromatic rings. The SMILES string of the molecule is CC1=CC(C)(C)OC2=C1C(=Cc1c(F)cccc1F)CC=C2. The fourth-order valence-corrected chi connectivity index (χ4v) is 3.03. The molecule has 1 aliphatic carbocycles. The van der Waals surface area contributed by atoms with Gasteiger partial charge in [-0.05, 0) is 68.7 Å². The molecule has 1 heterocycles. The molecule has 0 saturated heterocycles. The first-order valence-electron chi connectivity index (χ1n) is 7.32. The van der Waals surface area contributed by atoms with Crippen LogP contribution in [0.4, 0.5) is 8.78 Å². The van der Waals surface area contributed by atoms with Crippen LogP contribution in [0.25, 0.3) is 6.08 Å². The number of allylic oxidation sites excluding steroid dienone is 5. The molecular formula is C19H18F2O. The molecular weight excluding hydrogens is 282 g/mol. The Bertz CT molecular complexity index is 728. The molecule has 3 heteroatoms. The molecule has 0 atom stereocenters. The third kappa shape index (κ3) is 2.63. The van der Waals surface area contributed by atoms with E-state index in [4.69, 9.17) is 4.74 Å². The third-order valence-corrected chi connectivity index (χ3v) is 3.82. The summed E-state index contributed by atoms with van der Waals surface area (Å²) < 4.78 is 33.7. The predicted octanol–water partition coefficient (Wildman–Crippen LogP) is 5.32. The summed E-state index contributed by atoms with van der Waals surface area (Å²) in [7, 11) is 0. The third-order valence-electron chi connectivity index (χ3n) is 3.82. The monoisotopic (exact) mass is 300 g/mol. The van der Waals surface area contributed by atoms with Gasteiger partial charge in [0.05, 0.1) is 0 Å². The summed E-state index contributed by atoms with van der Waals surface area (Å²) in [6, 6.07) is 3.91. The van der Waals surface area contributed by atoms with Crippen molar-refractivity contribution < 1.29 is 13.5 Å². The molecule has 0 N–H and O–H groups in total. The Morgan fingerprint density at radius 1 is 1.18 bits per heavy atom. The van der Waals surface area contributed by atoms with Gasteiger partial charge in [-0.15, -0.1) is 0 Å². The van der Waals surface area contributed by atoms with Crippen molar-refractivity contribution in [1.29, 1.82) is 0 Å². The van der Waals surface area contributed by atoms with Crippen LogP contribution in [0.3, 0.4) is 0 Å². The average Bonchev–Trinajstić information content (AvgIpc) is 2.41. The second-order valence-electron chi connectivity index (χ2n) is 6.18. The van der Waals surface area contributed by atoms with Crippen LogP contribution in [0, 0.1) is 11.6 Å². The number of benzene rings is 1. The zero-order valence-corrected chi connectivity index (χ0v) is 12.9.